The van der Waals surface area contributed by atoms with Crippen molar-refractivity contribution in [1.82, 2.24) is 24.2 Å². The molecule has 4 rings (SSSR count). The van der Waals surface area contributed by atoms with Crippen molar-refractivity contribution in [3.63, 3.8) is 0 Å². The number of fused-ring (bicyclic) bond motifs is 2. The summed E-state index contributed by atoms with van der Waals surface area (Å²) in [5.74, 6) is 0.136. The quantitative estimate of drug-likeness (QED) is 0.476. The molecule has 31 heavy (non-hydrogen) atoms. The summed E-state index contributed by atoms with van der Waals surface area (Å²) in [4.78, 5) is 32.4. The molecule has 160 valence electrons. The summed E-state index contributed by atoms with van der Waals surface area (Å²) in [6.07, 6.45) is 1.60. The minimum absolute atomic E-state index is 0.178. The maximum Gasteiger partial charge on any atom is 0.275 e. The Kier molecular flexibility index (Phi) is 6.08. The lowest BCUT2D eigenvalue weighted by atomic mass is 10.2. The number of imidazole rings is 1. The number of nitrogens with one attached hydrogen (secondary N) is 1. The van der Waals surface area contributed by atoms with E-state index in [1.54, 1.807) is 18.3 Å². The zero-order valence-corrected chi connectivity index (χ0v) is 17.8. The Morgan fingerprint density at radius 1 is 1.06 bits per heavy atom. The van der Waals surface area contributed by atoms with Crippen LogP contribution in [-0.4, -0.2) is 49.8 Å². The van der Waals surface area contributed by atoms with Crippen molar-refractivity contribution in [2.24, 2.45) is 0 Å². The lowest BCUT2D eigenvalue weighted by Crippen LogP contribution is -2.31. The van der Waals surface area contributed by atoms with Crippen molar-refractivity contribution < 1.29 is 4.79 Å². The average Bonchev–Trinajstić information content (AvgIpc) is 3.13. The number of nitrogens with zero attached hydrogens (tertiary/aromatic N) is 5. The van der Waals surface area contributed by atoms with Crippen molar-refractivity contribution in [3.8, 4) is 0 Å². The van der Waals surface area contributed by atoms with E-state index < -0.39 is 0 Å². The Hall–Kier alpha value is -3.52. The van der Waals surface area contributed by atoms with Crippen LogP contribution in [0.15, 0.2) is 59.5 Å². The fraction of sp³-hybridized carbons (Fsp3) is 0.304. The smallest absolute Gasteiger partial charge is 0.275 e. The summed E-state index contributed by atoms with van der Waals surface area (Å²) in [5.41, 5.74) is 1.49. The molecule has 0 spiro atoms. The predicted molar refractivity (Wildman–Crippen MR) is 122 cm³/mol. The lowest BCUT2D eigenvalue weighted by molar-refractivity contribution is -0.117. The first-order chi connectivity index (χ1) is 15.1. The summed E-state index contributed by atoms with van der Waals surface area (Å²) in [6, 6.07) is 15.0. The van der Waals surface area contributed by atoms with Crippen LogP contribution in [0.25, 0.3) is 21.8 Å². The van der Waals surface area contributed by atoms with Gasteiger partial charge >= 0.3 is 0 Å². The molecule has 0 aliphatic heterocycles. The molecule has 8 heteroatoms. The standard InChI is InChI=1S/C23H26N6O2/c1-3-27(4-2)13-14-28-20-12-8-7-11-19(20)25-23(28)26-21(30)16-29-22(31)18-10-6-5-9-17(18)15-24-29/h5-12,15H,3-4,13-14,16H2,1-2H3,(H,25,26,30). The molecule has 0 radical (unpaired) electrons. The zero-order valence-electron chi connectivity index (χ0n) is 17.8. The normalized spacial score (nSPS) is 11.5. The van der Waals surface area contributed by atoms with E-state index in [1.807, 2.05) is 41.0 Å². The van der Waals surface area contributed by atoms with Crippen LogP contribution in [0, 0.1) is 0 Å². The van der Waals surface area contributed by atoms with Gasteiger partial charge in [0.1, 0.15) is 6.54 Å². The molecule has 0 aliphatic carbocycles. The molecule has 2 aromatic carbocycles. The number of anilines is 1. The number of carbonyl (C=O) groups is 1. The minimum Gasteiger partial charge on any atom is -0.309 e. The van der Waals surface area contributed by atoms with Gasteiger partial charge < -0.3 is 9.47 Å². The molecule has 2 aromatic heterocycles. The molecule has 1 amide bonds. The van der Waals surface area contributed by atoms with E-state index in [2.05, 4.69) is 34.1 Å². The van der Waals surface area contributed by atoms with Crippen LogP contribution in [0.5, 0.6) is 0 Å². The van der Waals surface area contributed by atoms with E-state index in [0.717, 1.165) is 36.1 Å². The number of amides is 1. The van der Waals surface area contributed by atoms with Crippen LogP contribution in [0.2, 0.25) is 0 Å². The lowest BCUT2D eigenvalue weighted by Gasteiger charge is -2.19. The highest BCUT2D eigenvalue weighted by Gasteiger charge is 2.15. The SMILES string of the molecule is CCN(CC)CCn1c(NC(=O)Cn2ncc3ccccc3c2=O)nc2ccccc21. The van der Waals surface area contributed by atoms with Gasteiger partial charge in [-0.3, -0.25) is 14.9 Å². The first kappa shape index (κ1) is 20.7. The molecule has 0 saturated carbocycles. The van der Waals surface area contributed by atoms with E-state index in [9.17, 15) is 9.59 Å². The van der Waals surface area contributed by atoms with Gasteiger partial charge in [-0.25, -0.2) is 9.67 Å². The summed E-state index contributed by atoms with van der Waals surface area (Å²) in [7, 11) is 0. The molecule has 0 unspecified atom stereocenters. The van der Waals surface area contributed by atoms with Gasteiger partial charge in [-0.2, -0.15) is 5.10 Å². The zero-order chi connectivity index (χ0) is 21.8. The largest absolute Gasteiger partial charge is 0.309 e. The van der Waals surface area contributed by atoms with Gasteiger partial charge in [0.25, 0.3) is 5.56 Å². The molecule has 0 saturated heterocycles. The summed E-state index contributed by atoms with van der Waals surface area (Å²) in [5, 5.41) is 8.31. The number of carbonyl (C=O) groups excluding carboxylic acids is 1. The third-order valence-corrected chi connectivity index (χ3v) is 5.50. The van der Waals surface area contributed by atoms with Gasteiger partial charge in [0.05, 0.1) is 22.6 Å². The van der Waals surface area contributed by atoms with E-state index in [4.69, 9.17) is 0 Å². The number of hydrogen-bond donors (Lipinski definition) is 1. The highest BCUT2D eigenvalue weighted by Crippen LogP contribution is 2.19. The van der Waals surface area contributed by atoms with Gasteiger partial charge in [-0.1, -0.05) is 44.2 Å². The Morgan fingerprint density at radius 3 is 2.61 bits per heavy atom. The van der Waals surface area contributed by atoms with E-state index >= 15 is 0 Å². The molecule has 2 heterocycles. The Labute approximate surface area is 180 Å². The van der Waals surface area contributed by atoms with Gasteiger partial charge in [0.2, 0.25) is 11.9 Å². The molecule has 0 fully saturated rings. The minimum atomic E-state index is -0.343. The number of hydrogen-bond acceptors (Lipinski definition) is 5. The third-order valence-electron chi connectivity index (χ3n) is 5.50. The third kappa shape index (κ3) is 4.34. The van der Waals surface area contributed by atoms with Crippen LogP contribution in [-0.2, 0) is 17.9 Å². The van der Waals surface area contributed by atoms with Crippen LogP contribution in [0.1, 0.15) is 13.8 Å². The summed E-state index contributed by atoms with van der Waals surface area (Å²) in [6.45, 7) is 7.55. The second-order valence-corrected chi connectivity index (χ2v) is 7.35. The Bertz CT molecular complexity index is 1270. The first-order valence-corrected chi connectivity index (χ1v) is 10.5. The molecular weight excluding hydrogens is 392 g/mol. The van der Waals surface area contributed by atoms with Gasteiger partial charge in [0, 0.05) is 18.5 Å². The maximum atomic E-state index is 12.8. The Morgan fingerprint density at radius 2 is 1.81 bits per heavy atom. The van der Waals surface area contributed by atoms with Crippen LogP contribution in [0.4, 0.5) is 5.95 Å². The number of rotatable bonds is 8. The molecule has 0 aliphatic rings. The van der Waals surface area contributed by atoms with Crippen LogP contribution < -0.4 is 10.9 Å². The number of aromatic nitrogens is 4. The predicted octanol–water partition coefficient (Wildman–Crippen LogP) is 2.73. The Balaban J connectivity index is 1.58. The van der Waals surface area contributed by atoms with Crippen molar-refractivity contribution >= 4 is 33.7 Å². The second-order valence-electron chi connectivity index (χ2n) is 7.35. The molecule has 1 N–H and O–H groups in total. The maximum absolute atomic E-state index is 12.8. The summed E-state index contributed by atoms with van der Waals surface area (Å²) >= 11 is 0. The van der Waals surface area contributed by atoms with Crippen molar-refractivity contribution in [1.29, 1.82) is 0 Å². The molecule has 4 aromatic rings. The topological polar surface area (TPSA) is 85.0 Å². The fourth-order valence-electron chi connectivity index (χ4n) is 3.72. The number of para-hydroxylation sites is 2. The van der Waals surface area contributed by atoms with Crippen LogP contribution in [0.3, 0.4) is 0 Å². The van der Waals surface area contributed by atoms with E-state index in [-0.39, 0.29) is 18.0 Å². The van der Waals surface area contributed by atoms with E-state index in [0.29, 0.717) is 17.9 Å². The summed E-state index contributed by atoms with van der Waals surface area (Å²) < 4.78 is 3.20. The fourth-order valence-corrected chi connectivity index (χ4v) is 3.72. The first-order valence-electron chi connectivity index (χ1n) is 10.5. The molecule has 0 bridgehead atoms. The molecule has 8 nitrogen and oxygen atoms in total. The monoisotopic (exact) mass is 418 g/mol. The second kappa shape index (κ2) is 9.09. The van der Waals surface area contributed by atoms with E-state index in [1.165, 1.54) is 4.68 Å². The average molecular weight is 419 g/mol. The molecular formula is C23H26N6O2. The number of benzene rings is 2. The van der Waals surface area contributed by atoms with Gasteiger partial charge in [-0.15, -0.1) is 0 Å². The highest BCUT2D eigenvalue weighted by molar-refractivity contribution is 5.91. The van der Waals surface area contributed by atoms with Crippen molar-refractivity contribution in [3.05, 3.63) is 65.1 Å². The number of likely N-dealkylation sites (N-methyl/N-ethyl adjacent to an activating group) is 1. The van der Waals surface area contributed by atoms with Crippen molar-refractivity contribution in [2.75, 3.05) is 25.0 Å². The van der Waals surface area contributed by atoms with Crippen molar-refractivity contribution in [2.45, 2.75) is 26.9 Å². The van der Waals surface area contributed by atoms with Gasteiger partial charge in [0.15, 0.2) is 0 Å². The molecule has 0 atom stereocenters. The van der Waals surface area contributed by atoms with Crippen LogP contribution >= 0.6 is 0 Å². The highest BCUT2D eigenvalue weighted by atomic mass is 16.2. The van der Waals surface area contributed by atoms with Gasteiger partial charge in [-0.05, 0) is 31.3 Å².